The molecular formula is C14H16N6O. The summed E-state index contributed by atoms with van der Waals surface area (Å²) < 4.78 is 4.91. The molecule has 7 heteroatoms. The van der Waals surface area contributed by atoms with Gasteiger partial charge in [0, 0.05) is 12.5 Å². The molecule has 7 nitrogen and oxygen atoms in total. The summed E-state index contributed by atoms with van der Waals surface area (Å²) in [5, 5.41) is 16.2. The standard InChI is InChI=1S/C14H16N6O/c1-9(2)11-4-6-12(7-5-11)14-16-19-20(17-14)8-13-15-10(3)21-18-13/h4-7,9H,8H2,1-3H3. The van der Waals surface area contributed by atoms with Crippen LogP contribution in [-0.4, -0.2) is 30.3 Å². The van der Waals surface area contributed by atoms with E-state index in [1.165, 1.54) is 10.4 Å². The van der Waals surface area contributed by atoms with Crippen molar-refractivity contribution in [3.8, 4) is 11.4 Å². The van der Waals surface area contributed by atoms with Gasteiger partial charge in [-0.15, -0.1) is 10.2 Å². The largest absolute Gasteiger partial charge is 0.340 e. The molecule has 108 valence electrons. The normalized spacial score (nSPS) is 11.2. The number of benzene rings is 1. The predicted octanol–water partition coefficient (Wildman–Crippen LogP) is 2.20. The van der Waals surface area contributed by atoms with Gasteiger partial charge in [-0.1, -0.05) is 43.3 Å². The average Bonchev–Trinajstić information content (AvgIpc) is 3.09. The molecule has 0 bridgehead atoms. The first kappa shape index (κ1) is 13.4. The zero-order valence-electron chi connectivity index (χ0n) is 12.2. The Kier molecular flexibility index (Phi) is 3.47. The van der Waals surface area contributed by atoms with E-state index in [1.54, 1.807) is 6.92 Å². The van der Waals surface area contributed by atoms with Gasteiger partial charge in [0.15, 0.2) is 5.82 Å². The molecular weight excluding hydrogens is 268 g/mol. The van der Waals surface area contributed by atoms with E-state index in [0.717, 1.165) is 5.56 Å². The molecule has 3 aromatic rings. The zero-order chi connectivity index (χ0) is 14.8. The first-order valence-electron chi connectivity index (χ1n) is 6.79. The first-order valence-corrected chi connectivity index (χ1v) is 6.79. The fourth-order valence-electron chi connectivity index (χ4n) is 1.97. The van der Waals surface area contributed by atoms with Crippen LogP contribution in [0.25, 0.3) is 11.4 Å². The number of hydrogen-bond donors (Lipinski definition) is 0. The van der Waals surface area contributed by atoms with Gasteiger partial charge in [0.25, 0.3) is 0 Å². The van der Waals surface area contributed by atoms with Crippen molar-refractivity contribution in [2.45, 2.75) is 33.2 Å². The molecule has 2 heterocycles. The molecule has 0 spiro atoms. The Hall–Kier alpha value is -2.57. The predicted molar refractivity (Wildman–Crippen MR) is 75.5 cm³/mol. The van der Waals surface area contributed by atoms with Gasteiger partial charge in [-0.3, -0.25) is 0 Å². The molecule has 0 fully saturated rings. The van der Waals surface area contributed by atoms with E-state index in [1.807, 2.05) is 12.1 Å². The van der Waals surface area contributed by atoms with Crippen LogP contribution in [0.5, 0.6) is 0 Å². The first-order chi connectivity index (χ1) is 10.1. The molecule has 0 amide bonds. The van der Waals surface area contributed by atoms with Crippen molar-refractivity contribution in [2.75, 3.05) is 0 Å². The van der Waals surface area contributed by atoms with Gasteiger partial charge in [-0.05, 0) is 16.7 Å². The van der Waals surface area contributed by atoms with E-state index >= 15 is 0 Å². The fourth-order valence-corrected chi connectivity index (χ4v) is 1.97. The second-order valence-electron chi connectivity index (χ2n) is 5.15. The van der Waals surface area contributed by atoms with Gasteiger partial charge in [0.05, 0.1) is 0 Å². The molecule has 0 aliphatic rings. The highest BCUT2D eigenvalue weighted by molar-refractivity contribution is 5.54. The number of aryl methyl sites for hydroxylation is 1. The summed E-state index contributed by atoms with van der Waals surface area (Å²) in [4.78, 5) is 5.57. The molecule has 1 aromatic carbocycles. The highest BCUT2D eigenvalue weighted by Crippen LogP contribution is 2.19. The number of rotatable bonds is 4. The van der Waals surface area contributed by atoms with Crippen LogP contribution in [0.2, 0.25) is 0 Å². The maximum absolute atomic E-state index is 4.91. The summed E-state index contributed by atoms with van der Waals surface area (Å²) in [7, 11) is 0. The molecule has 0 aliphatic carbocycles. The summed E-state index contributed by atoms with van der Waals surface area (Å²) >= 11 is 0. The quantitative estimate of drug-likeness (QED) is 0.730. The second-order valence-corrected chi connectivity index (χ2v) is 5.15. The van der Waals surface area contributed by atoms with Crippen molar-refractivity contribution in [1.29, 1.82) is 0 Å². The summed E-state index contributed by atoms with van der Waals surface area (Å²) in [6.07, 6.45) is 0. The van der Waals surface area contributed by atoms with Gasteiger partial charge in [0.2, 0.25) is 11.7 Å². The van der Waals surface area contributed by atoms with Crippen molar-refractivity contribution in [3.63, 3.8) is 0 Å². The Balaban J connectivity index is 1.78. The van der Waals surface area contributed by atoms with Crippen molar-refractivity contribution < 1.29 is 4.52 Å². The van der Waals surface area contributed by atoms with Gasteiger partial charge in [-0.25, -0.2) is 0 Å². The maximum Gasteiger partial charge on any atom is 0.223 e. The van der Waals surface area contributed by atoms with Gasteiger partial charge in [0.1, 0.15) is 6.54 Å². The molecule has 2 aromatic heterocycles. The Labute approximate surface area is 122 Å². The van der Waals surface area contributed by atoms with Crippen molar-refractivity contribution in [3.05, 3.63) is 41.5 Å². The van der Waals surface area contributed by atoms with Crippen LogP contribution < -0.4 is 0 Å². The summed E-state index contributed by atoms with van der Waals surface area (Å²) in [6.45, 7) is 6.41. The van der Waals surface area contributed by atoms with E-state index in [-0.39, 0.29) is 0 Å². The molecule has 0 unspecified atom stereocenters. The average molecular weight is 284 g/mol. The molecule has 0 N–H and O–H groups in total. The summed E-state index contributed by atoms with van der Waals surface area (Å²) in [5.41, 5.74) is 2.23. The third-order valence-corrected chi connectivity index (χ3v) is 3.14. The van der Waals surface area contributed by atoms with Crippen molar-refractivity contribution in [1.82, 2.24) is 30.3 Å². The third-order valence-electron chi connectivity index (χ3n) is 3.14. The van der Waals surface area contributed by atoms with Crippen molar-refractivity contribution in [2.24, 2.45) is 0 Å². The monoisotopic (exact) mass is 284 g/mol. The molecule has 0 saturated heterocycles. The molecule has 3 rings (SSSR count). The van der Waals surface area contributed by atoms with Gasteiger partial charge < -0.3 is 4.52 Å². The molecule has 0 saturated carbocycles. The lowest BCUT2D eigenvalue weighted by molar-refractivity contribution is 0.383. The molecule has 21 heavy (non-hydrogen) atoms. The van der Waals surface area contributed by atoms with Crippen LogP contribution >= 0.6 is 0 Å². The van der Waals surface area contributed by atoms with Crippen LogP contribution in [0.4, 0.5) is 0 Å². The molecule has 0 atom stereocenters. The van der Waals surface area contributed by atoms with Crippen LogP contribution in [0.3, 0.4) is 0 Å². The summed E-state index contributed by atoms with van der Waals surface area (Å²) in [5.74, 6) is 2.15. The summed E-state index contributed by atoms with van der Waals surface area (Å²) in [6, 6.07) is 8.19. The Morgan fingerprint density at radius 3 is 2.57 bits per heavy atom. The fraction of sp³-hybridized carbons (Fsp3) is 0.357. The number of aromatic nitrogens is 6. The highest BCUT2D eigenvalue weighted by atomic mass is 16.5. The second kappa shape index (κ2) is 5.43. The lowest BCUT2D eigenvalue weighted by Gasteiger charge is -2.04. The Morgan fingerprint density at radius 1 is 1.19 bits per heavy atom. The lowest BCUT2D eigenvalue weighted by Crippen LogP contribution is -2.05. The lowest BCUT2D eigenvalue weighted by atomic mass is 10.0. The van der Waals surface area contributed by atoms with Crippen molar-refractivity contribution >= 4 is 0 Å². The number of nitrogens with zero attached hydrogens (tertiary/aromatic N) is 6. The topological polar surface area (TPSA) is 82.5 Å². The minimum Gasteiger partial charge on any atom is -0.340 e. The smallest absolute Gasteiger partial charge is 0.223 e. The molecule has 0 aliphatic heterocycles. The number of hydrogen-bond acceptors (Lipinski definition) is 6. The van der Waals surface area contributed by atoms with Gasteiger partial charge >= 0.3 is 0 Å². The molecule has 0 radical (unpaired) electrons. The number of tetrazole rings is 1. The maximum atomic E-state index is 4.91. The minimum atomic E-state index is 0.342. The van der Waals surface area contributed by atoms with E-state index in [4.69, 9.17) is 4.52 Å². The SMILES string of the molecule is Cc1nc(Cn2nnc(-c3ccc(C(C)C)cc3)n2)no1. The van der Waals surface area contributed by atoms with E-state index in [9.17, 15) is 0 Å². The third kappa shape index (κ3) is 2.96. The van der Waals surface area contributed by atoms with Crippen LogP contribution in [0, 0.1) is 6.92 Å². The van der Waals surface area contributed by atoms with E-state index in [2.05, 4.69) is 51.5 Å². The van der Waals surface area contributed by atoms with Crippen LogP contribution in [0.15, 0.2) is 28.8 Å². The Bertz CT molecular complexity index is 728. The van der Waals surface area contributed by atoms with Crippen LogP contribution in [0.1, 0.15) is 37.0 Å². The van der Waals surface area contributed by atoms with Crippen LogP contribution in [-0.2, 0) is 6.54 Å². The van der Waals surface area contributed by atoms with Gasteiger partial charge in [-0.2, -0.15) is 9.78 Å². The van der Waals surface area contributed by atoms with E-state index < -0.39 is 0 Å². The van der Waals surface area contributed by atoms with E-state index in [0.29, 0.717) is 30.0 Å². The Morgan fingerprint density at radius 2 is 1.95 bits per heavy atom. The zero-order valence-corrected chi connectivity index (χ0v) is 12.2. The highest BCUT2D eigenvalue weighted by Gasteiger charge is 2.09. The minimum absolute atomic E-state index is 0.342.